The first-order valence-corrected chi connectivity index (χ1v) is 8.58. The van der Waals surface area contributed by atoms with Crippen molar-refractivity contribution in [1.29, 1.82) is 0 Å². The number of anilines is 1. The molecule has 0 saturated carbocycles. The third kappa shape index (κ3) is 4.15. The lowest BCUT2D eigenvalue weighted by molar-refractivity contribution is 0.250. The van der Waals surface area contributed by atoms with Crippen molar-refractivity contribution < 1.29 is 12.8 Å². The van der Waals surface area contributed by atoms with E-state index in [1.165, 1.54) is 16.4 Å². The van der Waals surface area contributed by atoms with E-state index in [0.717, 1.165) is 19.3 Å². The van der Waals surface area contributed by atoms with E-state index in [0.29, 0.717) is 18.7 Å². The van der Waals surface area contributed by atoms with E-state index in [-0.39, 0.29) is 11.7 Å². The molecule has 0 bridgehead atoms. The molecule has 2 N–H and O–H groups in total. The number of hydrogen-bond acceptors (Lipinski definition) is 3. The molecule has 7 heteroatoms. The normalized spacial score (nSPS) is 20.4. The number of piperidine rings is 1. The van der Waals surface area contributed by atoms with Crippen LogP contribution in [0.4, 0.5) is 10.1 Å². The van der Waals surface area contributed by atoms with Gasteiger partial charge in [-0.05, 0) is 50.6 Å². The Bertz CT molecular complexity index is 570. The van der Waals surface area contributed by atoms with Gasteiger partial charge in [0.1, 0.15) is 5.82 Å². The molecule has 1 unspecified atom stereocenters. The zero-order valence-corrected chi connectivity index (χ0v) is 13.2. The van der Waals surface area contributed by atoms with E-state index >= 15 is 0 Å². The molecule has 1 aliphatic heterocycles. The van der Waals surface area contributed by atoms with E-state index in [2.05, 4.69) is 10.0 Å². The Kier molecular flexibility index (Phi) is 5.18. The van der Waals surface area contributed by atoms with Crippen LogP contribution in [-0.2, 0) is 10.2 Å². The number of rotatable bonds is 5. The first kappa shape index (κ1) is 16.2. The van der Waals surface area contributed by atoms with Gasteiger partial charge in [-0.1, -0.05) is 6.42 Å². The van der Waals surface area contributed by atoms with Gasteiger partial charge in [0.05, 0.1) is 5.69 Å². The van der Waals surface area contributed by atoms with Gasteiger partial charge in [0.2, 0.25) is 0 Å². The molecule has 21 heavy (non-hydrogen) atoms. The fourth-order valence-electron chi connectivity index (χ4n) is 2.73. The summed E-state index contributed by atoms with van der Waals surface area (Å²) >= 11 is 0. The summed E-state index contributed by atoms with van der Waals surface area (Å²) in [6, 6.07) is 4.12. The van der Waals surface area contributed by atoms with E-state index in [1.54, 1.807) is 13.0 Å². The monoisotopic (exact) mass is 315 g/mol. The van der Waals surface area contributed by atoms with Crippen LogP contribution in [0.1, 0.15) is 24.8 Å². The van der Waals surface area contributed by atoms with Crippen molar-refractivity contribution in [3.63, 3.8) is 0 Å². The summed E-state index contributed by atoms with van der Waals surface area (Å²) in [5, 5.41) is 3.03. The lowest BCUT2D eigenvalue weighted by Crippen LogP contribution is -2.49. The van der Waals surface area contributed by atoms with Crippen LogP contribution in [0.3, 0.4) is 0 Å². The molecule has 5 nitrogen and oxygen atoms in total. The standard InChI is InChI=1S/C14H22FN3O2S/c1-11-7-12(15)9-13(8-11)17-21(19,20)18-6-4-3-5-14(18)10-16-2/h7-9,14,16-17H,3-6,10H2,1-2H3. The van der Waals surface area contributed by atoms with Gasteiger partial charge >= 0.3 is 10.2 Å². The second-order valence-corrected chi connectivity index (χ2v) is 7.07. The Balaban J connectivity index is 2.19. The second kappa shape index (κ2) is 6.72. The first-order valence-electron chi connectivity index (χ1n) is 7.14. The maximum Gasteiger partial charge on any atom is 0.301 e. The third-order valence-electron chi connectivity index (χ3n) is 3.61. The molecular weight excluding hydrogens is 293 g/mol. The van der Waals surface area contributed by atoms with Crippen molar-refractivity contribution >= 4 is 15.9 Å². The van der Waals surface area contributed by atoms with Crippen molar-refractivity contribution in [2.24, 2.45) is 0 Å². The van der Waals surface area contributed by atoms with Gasteiger partial charge in [-0.25, -0.2) is 4.39 Å². The minimum Gasteiger partial charge on any atom is -0.318 e. The first-order chi connectivity index (χ1) is 9.92. The van der Waals surface area contributed by atoms with Crippen LogP contribution in [-0.4, -0.2) is 38.9 Å². The lowest BCUT2D eigenvalue weighted by Gasteiger charge is -2.34. The van der Waals surface area contributed by atoms with Crippen LogP contribution in [0.2, 0.25) is 0 Å². The molecule has 118 valence electrons. The zero-order chi connectivity index (χ0) is 15.5. The number of nitrogens with one attached hydrogen (secondary N) is 2. The molecule has 1 heterocycles. The van der Waals surface area contributed by atoms with Gasteiger partial charge in [-0.15, -0.1) is 0 Å². The maximum atomic E-state index is 13.4. The SMILES string of the molecule is CNCC1CCCCN1S(=O)(=O)Nc1cc(C)cc(F)c1. The van der Waals surface area contributed by atoms with Crippen LogP contribution < -0.4 is 10.0 Å². The summed E-state index contributed by atoms with van der Waals surface area (Å²) in [4.78, 5) is 0. The van der Waals surface area contributed by atoms with Gasteiger partial charge in [0.25, 0.3) is 0 Å². The summed E-state index contributed by atoms with van der Waals surface area (Å²) in [6.07, 6.45) is 2.71. The largest absolute Gasteiger partial charge is 0.318 e. The second-order valence-electron chi connectivity index (χ2n) is 5.44. The van der Waals surface area contributed by atoms with Crippen LogP contribution in [0.15, 0.2) is 18.2 Å². The van der Waals surface area contributed by atoms with Gasteiger partial charge in [-0.3, -0.25) is 4.72 Å². The number of halogens is 1. The van der Waals surface area contributed by atoms with Gasteiger partial charge in [0, 0.05) is 19.1 Å². The molecule has 1 saturated heterocycles. The number of likely N-dealkylation sites (N-methyl/N-ethyl adjacent to an activating group) is 1. The molecule has 0 aliphatic carbocycles. The molecular formula is C14H22FN3O2S. The number of aryl methyl sites for hydroxylation is 1. The molecule has 0 spiro atoms. The summed E-state index contributed by atoms with van der Waals surface area (Å²) in [5.41, 5.74) is 0.944. The number of nitrogens with zero attached hydrogens (tertiary/aromatic N) is 1. The zero-order valence-electron chi connectivity index (χ0n) is 12.4. The van der Waals surface area contributed by atoms with Crippen molar-refractivity contribution in [3.05, 3.63) is 29.6 Å². The number of benzene rings is 1. The predicted molar refractivity (Wildman–Crippen MR) is 82.0 cm³/mol. The van der Waals surface area contributed by atoms with Crippen molar-refractivity contribution in [1.82, 2.24) is 9.62 Å². The highest BCUT2D eigenvalue weighted by Crippen LogP contribution is 2.22. The van der Waals surface area contributed by atoms with Crippen molar-refractivity contribution in [3.8, 4) is 0 Å². The highest BCUT2D eigenvalue weighted by atomic mass is 32.2. The lowest BCUT2D eigenvalue weighted by atomic mass is 10.1. The molecule has 1 fully saturated rings. The minimum atomic E-state index is -3.66. The fraction of sp³-hybridized carbons (Fsp3) is 0.571. The number of hydrogen-bond donors (Lipinski definition) is 2. The van der Waals surface area contributed by atoms with Crippen LogP contribution in [0, 0.1) is 12.7 Å². The Hall–Kier alpha value is -1.18. The highest BCUT2D eigenvalue weighted by Gasteiger charge is 2.31. The van der Waals surface area contributed by atoms with E-state index in [9.17, 15) is 12.8 Å². The van der Waals surface area contributed by atoms with E-state index < -0.39 is 16.0 Å². The molecule has 0 aromatic heterocycles. The van der Waals surface area contributed by atoms with Crippen molar-refractivity contribution in [2.45, 2.75) is 32.2 Å². The van der Waals surface area contributed by atoms with Gasteiger partial charge < -0.3 is 5.32 Å². The molecule has 2 rings (SSSR count). The maximum absolute atomic E-state index is 13.4. The average Bonchev–Trinajstić information content (AvgIpc) is 2.37. The minimum absolute atomic E-state index is 0.0593. The molecule has 1 aliphatic rings. The Morgan fingerprint density at radius 3 is 2.76 bits per heavy atom. The Labute approximate surface area is 125 Å². The van der Waals surface area contributed by atoms with E-state index in [4.69, 9.17) is 0 Å². The Morgan fingerprint density at radius 1 is 1.33 bits per heavy atom. The summed E-state index contributed by atoms with van der Waals surface area (Å²) in [5.74, 6) is -0.446. The summed E-state index contributed by atoms with van der Waals surface area (Å²) < 4.78 is 42.4. The van der Waals surface area contributed by atoms with Gasteiger partial charge in [0.15, 0.2) is 0 Å². The van der Waals surface area contributed by atoms with Crippen LogP contribution in [0.25, 0.3) is 0 Å². The van der Waals surface area contributed by atoms with Gasteiger partial charge in [-0.2, -0.15) is 12.7 Å². The molecule has 0 radical (unpaired) electrons. The summed E-state index contributed by atoms with van der Waals surface area (Å²) in [6.45, 7) is 2.84. The summed E-state index contributed by atoms with van der Waals surface area (Å²) in [7, 11) is -1.86. The highest BCUT2D eigenvalue weighted by molar-refractivity contribution is 7.90. The predicted octanol–water partition coefficient (Wildman–Crippen LogP) is 1.86. The average molecular weight is 315 g/mol. The topological polar surface area (TPSA) is 61.4 Å². The molecule has 1 aromatic rings. The van der Waals surface area contributed by atoms with Crippen LogP contribution in [0.5, 0.6) is 0 Å². The van der Waals surface area contributed by atoms with Crippen LogP contribution >= 0.6 is 0 Å². The van der Waals surface area contributed by atoms with E-state index in [1.807, 2.05) is 7.05 Å². The fourth-order valence-corrected chi connectivity index (χ4v) is 4.21. The quantitative estimate of drug-likeness (QED) is 0.872. The van der Waals surface area contributed by atoms with Crippen molar-refractivity contribution in [2.75, 3.05) is 24.9 Å². The Morgan fingerprint density at radius 2 is 2.10 bits per heavy atom. The smallest absolute Gasteiger partial charge is 0.301 e. The third-order valence-corrected chi connectivity index (χ3v) is 5.20. The molecule has 1 atom stereocenters. The molecule has 0 amide bonds. The molecule has 1 aromatic carbocycles.